The Balaban J connectivity index is 1.50. The third kappa shape index (κ3) is 30.0. The standard InChI is InChI=1S/C64H120N2O18/c1-4-6-8-10-12-14-16-18-19-20-21-22-23-24-25-26-27-29-31-33-35-37-39-41-52(72)66-47(48(71)40-38-36-34-32-30-28-17-15-13-11-9-7-5-2)45-79-63-58(77)57(76)60(51(44-69)82-63)83-64-59(78)61(55(74)50(43-68)81-64)84-62-53(65-46(3)70)56(75)54(73)49(42-67)80-62/h38,40,47-51,53-64,67-69,71,73-78H,4-37,39,41-45H2,1-3H3,(H,65,70)(H,66,72)/b40-38+/t47-,48+,49?,50?,51?,53?,54+,55-,56+,57+,58?,59?,60+,61-,62-,63+,64-/m0/s1. The first-order valence-electron chi connectivity index (χ1n) is 33.4. The van der Waals surface area contributed by atoms with Crippen molar-refractivity contribution < 1.29 is 89.1 Å². The zero-order valence-electron chi connectivity index (χ0n) is 52.0. The molecule has 0 radical (unpaired) electrons. The average molecular weight is 1210 g/mol. The van der Waals surface area contributed by atoms with Gasteiger partial charge in [-0.05, 0) is 19.3 Å². The first kappa shape index (κ1) is 76.3. The minimum Gasteiger partial charge on any atom is -0.394 e. The number of hydrogen-bond acceptors (Lipinski definition) is 18. The Morgan fingerprint density at radius 1 is 0.464 bits per heavy atom. The predicted octanol–water partition coefficient (Wildman–Crippen LogP) is 7.08. The minimum atomic E-state index is -1.98. The Morgan fingerprint density at radius 2 is 0.869 bits per heavy atom. The number of carbonyl (C=O) groups is 2. The lowest BCUT2D eigenvalue weighted by molar-refractivity contribution is -0.375. The smallest absolute Gasteiger partial charge is 0.220 e. The molecule has 0 aliphatic carbocycles. The number of ether oxygens (including phenoxy) is 6. The van der Waals surface area contributed by atoms with E-state index in [1.807, 2.05) is 6.08 Å². The third-order valence-electron chi connectivity index (χ3n) is 17.0. The van der Waals surface area contributed by atoms with Crippen LogP contribution in [0.15, 0.2) is 12.2 Å². The Kier molecular flexibility index (Phi) is 42.7. The minimum absolute atomic E-state index is 0.241. The molecule has 20 nitrogen and oxygen atoms in total. The molecule has 3 saturated heterocycles. The summed E-state index contributed by atoms with van der Waals surface area (Å²) >= 11 is 0. The van der Waals surface area contributed by atoms with Crippen LogP contribution in [0.2, 0.25) is 0 Å². The number of carbonyl (C=O) groups excluding carboxylic acids is 2. The van der Waals surface area contributed by atoms with Crippen LogP contribution in [-0.2, 0) is 38.0 Å². The number of unbranched alkanes of at least 4 members (excludes halogenated alkanes) is 33. The molecule has 3 heterocycles. The van der Waals surface area contributed by atoms with Crippen molar-refractivity contribution in [2.24, 2.45) is 0 Å². The number of hydrogen-bond donors (Lipinski definition) is 12. The van der Waals surface area contributed by atoms with E-state index in [9.17, 15) is 60.7 Å². The molecule has 0 aromatic heterocycles. The van der Waals surface area contributed by atoms with Crippen LogP contribution in [0.1, 0.15) is 252 Å². The molecule has 0 bridgehead atoms. The molecule has 3 aliphatic heterocycles. The number of aliphatic hydroxyl groups excluding tert-OH is 10. The van der Waals surface area contributed by atoms with Gasteiger partial charge in [0.25, 0.3) is 0 Å². The summed E-state index contributed by atoms with van der Waals surface area (Å²) in [5.41, 5.74) is 0. The van der Waals surface area contributed by atoms with Gasteiger partial charge < -0.3 is 90.1 Å². The van der Waals surface area contributed by atoms with Gasteiger partial charge in [-0.1, -0.05) is 231 Å². The second-order valence-corrected chi connectivity index (χ2v) is 24.3. The lowest BCUT2D eigenvalue weighted by Crippen LogP contribution is -2.68. The van der Waals surface area contributed by atoms with E-state index in [2.05, 4.69) is 24.5 Å². The van der Waals surface area contributed by atoms with Gasteiger partial charge in [-0.2, -0.15) is 0 Å². The van der Waals surface area contributed by atoms with Gasteiger partial charge >= 0.3 is 0 Å². The summed E-state index contributed by atoms with van der Waals surface area (Å²) in [5.74, 6) is -0.940. The van der Waals surface area contributed by atoms with E-state index in [0.717, 1.165) is 51.9 Å². The molecule has 17 atom stereocenters. The molecule has 3 rings (SSSR count). The molecular formula is C64H120N2O18. The normalized spacial score (nSPS) is 29.1. The third-order valence-corrected chi connectivity index (χ3v) is 17.0. The number of rotatable bonds is 50. The summed E-state index contributed by atoms with van der Waals surface area (Å²) in [5, 5.41) is 114. The lowest BCUT2D eigenvalue weighted by atomic mass is 9.95. The van der Waals surface area contributed by atoms with E-state index in [1.165, 1.54) is 173 Å². The van der Waals surface area contributed by atoms with Gasteiger partial charge in [0, 0.05) is 13.3 Å². The van der Waals surface area contributed by atoms with Gasteiger partial charge in [-0.3, -0.25) is 9.59 Å². The van der Waals surface area contributed by atoms with Crippen LogP contribution in [0.4, 0.5) is 0 Å². The van der Waals surface area contributed by atoms with Crippen LogP contribution < -0.4 is 10.6 Å². The lowest BCUT2D eigenvalue weighted by Gasteiger charge is -2.48. The first-order chi connectivity index (χ1) is 40.7. The van der Waals surface area contributed by atoms with Crippen molar-refractivity contribution in [3.63, 3.8) is 0 Å². The first-order valence-corrected chi connectivity index (χ1v) is 33.4. The van der Waals surface area contributed by atoms with Crippen LogP contribution in [0.3, 0.4) is 0 Å². The highest BCUT2D eigenvalue weighted by Crippen LogP contribution is 2.33. The molecule has 2 amide bonds. The van der Waals surface area contributed by atoms with Crippen molar-refractivity contribution >= 4 is 11.8 Å². The Hall–Kier alpha value is -1.96. The molecule has 84 heavy (non-hydrogen) atoms. The largest absolute Gasteiger partial charge is 0.394 e. The highest BCUT2D eigenvalue weighted by molar-refractivity contribution is 5.76. The molecule has 3 fully saturated rings. The number of aliphatic hydroxyl groups is 10. The predicted molar refractivity (Wildman–Crippen MR) is 321 cm³/mol. The molecule has 12 N–H and O–H groups in total. The van der Waals surface area contributed by atoms with Gasteiger partial charge in [0.05, 0.1) is 38.6 Å². The second kappa shape index (κ2) is 47.1. The van der Waals surface area contributed by atoms with Gasteiger partial charge in [0.15, 0.2) is 18.9 Å². The van der Waals surface area contributed by atoms with Crippen LogP contribution in [0.25, 0.3) is 0 Å². The summed E-state index contributed by atoms with van der Waals surface area (Å²) < 4.78 is 35.0. The summed E-state index contributed by atoms with van der Waals surface area (Å²) in [6.45, 7) is 2.82. The average Bonchev–Trinajstić information content (AvgIpc) is 3.42. The maximum atomic E-state index is 13.4. The second-order valence-electron chi connectivity index (χ2n) is 24.3. The van der Waals surface area contributed by atoms with E-state index >= 15 is 0 Å². The maximum Gasteiger partial charge on any atom is 0.220 e. The molecule has 3 aliphatic rings. The number of allylic oxidation sites excluding steroid dienone is 1. The number of amides is 2. The van der Waals surface area contributed by atoms with Gasteiger partial charge in [-0.25, -0.2) is 0 Å². The SMILES string of the molecule is CCCCCCCCCCCCC/C=C/[C@@H](O)[C@H](CO[C@@H]1OC(CO)[C@@H](O[C@@H]2OC(CO)[C@H](O)[C@H](O[C@@H]3OC(CO)[C@@H](O)[C@H](O)C3NC(C)=O)C2O)[C@H](O)C1O)NC(=O)CCCCCCCCCCCCCCCCCCCCCCCCC. The molecule has 20 heteroatoms. The van der Waals surface area contributed by atoms with Gasteiger partial charge in [0.2, 0.25) is 11.8 Å². The van der Waals surface area contributed by atoms with Crippen molar-refractivity contribution in [1.82, 2.24) is 10.6 Å². The Bertz CT molecular complexity index is 1650. The summed E-state index contributed by atoms with van der Waals surface area (Å²) in [6, 6.07) is -2.45. The zero-order valence-corrected chi connectivity index (χ0v) is 52.0. The van der Waals surface area contributed by atoms with Crippen LogP contribution in [-0.4, -0.2) is 194 Å². The maximum absolute atomic E-state index is 13.4. The molecule has 494 valence electrons. The van der Waals surface area contributed by atoms with Crippen molar-refractivity contribution in [3.05, 3.63) is 12.2 Å². The summed E-state index contributed by atoms with van der Waals surface area (Å²) in [6.07, 6.45) is 22.2. The molecular weight excluding hydrogens is 1080 g/mol. The quantitative estimate of drug-likeness (QED) is 0.0214. The van der Waals surface area contributed by atoms with Crippen molar-refractivity contribution in [2.75, 3.05) is 26.4 Å². The fourth-order valence-electron chi connectivity index (χ4n) is 11.7. The topological polar surface area (TPSA) is 316 Å². The van der Waals surface area contributed by atoms with Gasteiger partial charge in [0.1, 0.15) is 73.2 Å². The number of nitrogens with one attached hydrogen (secondary N) is 2. The van der Waals surface area contributed by atoms with Crippen LogP contribution in [0, 0.1) is 0 Å². The zero-order chi connectivity index (χ0) is 61.3. The van der Waals surface area contributed by atoms with E-state index < -0.39 is 130 Å². The highest BCUT2D eigenvalue weighted by Gasteiger charge is 2.54. The van der Waals surface area contributed by atoms with Gasteiger partial charge in [-0.15, -0.1) is 0 Å². The van der Waals surface area contributed by atoms with Crippen LogP contribution >= 0.6 is 0 Å². The van der Waals surface area contributed by atoms with E-state index in [0.29, 0.717) is 6.42 Å². The molecule has 0 saturated carbocycles. The summed E-state index contributed by atoms with van der Waals surface area (Å²) in [7, 11) is 0. The highest BCUT2D eigenvalue weighted by atomic mass is 16.8. The van der Waals surface area contributed by atoms with E-state index in [1.54, 1.807) is 6.08 Å². The van der Waals surface area contributed by atoms with E-state index in [-0.39, 0.29) is 18.9 Å². The molecule has 0 aromatic rings. The fourth-order valence-corrected chi connectivity index (χ4v) is 11.7. The Morgan fingerprint density at radius 3 is 1.32 bits per heavy atom. The molecule has 6 unspecified atom stereocenters. The summed E-state index contributed by atoms with van der Waals surface area (Å²) in [4.78, 5) is 25.5. The van der Waals surface area contributed by atoms with Crippen molar-refractivity contribution in [2.45, 2.75) is 356 Å². The van der Waals surface area contributed by atoms with Crippen molar-refractivity contribution in [1.29, 1.82) is 0 Å². The van der Waals surface area contributed by atoms with Crippen molar-refractivity contribution in [3.8, 4) is 0 Å². The van der Waals surface area contributed by atoms with E-state index in [4.69, 9.17) is 28.4 Å². The fraction of sp³-hybridized carbons (Fsp3) is 0.938. The monoisotopic (exact) mass is 1200 g/mol. The molecule has 0 spiro atoms. The molecule has 0 aromatic carbocycles. The van der Waals surface area contributed by atoms with Crippen LogP contribution in [0.5, 0.6) is 0 Å². The Labute approximate surface area is 504 Å².